The number of anilines is 1. The van der Waals surface area contributed by atoms with Crippen LogP contribution in [0.4, 0.5) is 18.9 Å². The number of alkyl halides is 3. The SMILES string of the molecule is Cc1cncc(NC(=O)CNC(c2ccccc2)c2cccc(C(F)(F)F)c2)c1. The van der Waals surface area contributed by atoms with Crippen LogP contribution in [0.1, 0.15) is 28.3 Å². The Hall–Kier alpha value is -3.19. The van der Waals surface area contributed by atoms with Crippen molar-refractivity contribution in [3.05, 3.63) is 95.3 Å². The molecule has 150 valence electrons. The predicted molar refractivity (Wildman–Crippen MR) is 105 cm³/mol. The van der Waals surface area contributed by atoms with E-state index in [0.29, 0.717) is 11.3 Å². The van der Waals surface area contributed by atoms with Crippen LogP contribution in [-0.2, 0) is 11.0 Å². The second-order valence-electron chi connectivity index (χ2n) is 6.65. The van der Waals surface area contributed by atoms with Crippen molar-refractivity contribution in [3.8, 4) is 0 Å². The largest absolute Gasteiger partial charge is 0.416 e. The van der Waals surface area contributed by atoms with Gasteiger partial charge in [0, 0.05) is 6.20 Å². The van der Waals surface area contributed by atoms with E-state index in [1.54, 1.807) is 42.6 Å². The molecule has 4 nitrogen and oxygen atoms in total. The lowest BCUT2D eigenvalue weighted by Crippen LogP contribution is -2.32. The molecular formula is C22H20F3N3O. The third kappa shape index (κ3) is 5.65. The fourth-order valence-electron chi connectivity index (χ4n) is 2.99. The smallest absolute Gasteiger partial charge is 0.324 e. The number of pyridine rings is 1. The molecule has 2 aromatic carbocycles. The molecule has 0 saturated heterocycles. The number of rotatable bonds is 6. The first-order chi connectivity index (χ1) is 13.8. The molecule has 0 aliphatic rings. The summed E-state index contributed by atoms with van der Waals surface area (Å²) in [6.07, 6.45) is -1.23. The first kappa shape index (κ1) is 20.5. The van der Waals surface area contributed by atoms with Crippen LogP contribution in [0.3, 0.4) is 0 Å². The summed E-state index contributed by atoms with van der Waals surface area (Å²) in [6, 6.07) is 15.4. The number of aromatic nitrogens is 1. The van der Waals surface area contributed by atoms with Gasteiger partial charge < -0.3 is 5.32 Å². The molecule has 3 rings (SSSR count). The van der Waals surface area contributed by atoms with Crippen LogP contribution < -0.4 is 10.6 Å². The van der Waals surface area contributed by atoms with Crippen molar-refractivity contribution in [2.45, 2.75) is 19.1 Å². The van der Waals surface area contributed by atoms with Gasteiger partial charge >= 0.3 is 6.18 Å². The van der Waals surface area contributed by atoms with Gasteiger partial charge in [-0.3, -0.25) is 15.1 Å². The van der Waals surface area contributed by atoms with Crippen LogP contribution in [0.2, 0.25) is 0 Å². The highest BCUT2D eigenvalue weighted by atomic mass is 19.4. The third-order valence-electron chi connectivity index (χ3n) is 4.31. The summed E-state index contributed by atoms with van der Waals surface area (Å²) < 4.78 is 39.4. The summed E-state index contributed by atoms with van der Waals surface area (Å²) in [7, 11) is 0. The van der Waals surface area contributed by atoms with E-state index < -0.39 is 17.8 Å². The van der Waals surface area contributed by atoms with Crippen molar-refractivity contribution < 1.29 is 18.0 Å². The predicted octanol–water partition coefficient (Wildman–Crippen LogP) is 4.73. The van der Waals surface area contributed by atoms with Gasteiger partial charge in [0.2, 0.25) is 5.91 Å². The Kier molecular flexibility index (Phi) is 6.29. The van der Waals surface area contributed by atoms with E-state index in [-0.39, 0.29) is 12.5 Å². The fraction of sp³-hybridized carbons (Fsp3) is 0.182. The van der Waals surface area contributed by atoms with Crippen LogP contribution in [0.25, 0.3) is 0 Å². The van der Waals surface area contributed by atoms with E-state index >= 15 is 0 Å². The molecule has 2 N–H and O–H groups in total. The van der Waals surface area contributed by atoms with Crippen molar-refractivity contribution in [2.75, 3.05) is 11.9 Å². The maximum atomic E-state index is 13.1. The molecular weight excluding hydrogens is 379 g/mol. The van der Waals surface area contributed by atoms with Gasteiger partial charge in [-0.05, 0) is 41.8 Å². The van der Waals surface area contributed by atoms with E-state index in [1.807, 2.05) is 13.0 Å². The molecule has 0 saturated carbocycles. The molecule has 0 bridgehead atoms. The number of halogens is 3. The molecule has 3 aromatic rings. The quantitative estimate of drug-likeness (QED) is 0.630. The van der Waals surface area contributed by atoms with Crippen LogP contribution in [0.15, 0.2) is 73.1 Å². The minimum Gasteiger partial charge on any atom is -0.324 e. The van der Waals surface area contributed by atoms with Gasteiger partial charge in [-0.2, -0.15) is 13.2 Å². The Morgan fingerprint density at radius 2 is 1.72 bits per heavy atom. The molecule has 0 aliphatic carbocycles. The van der Waals surface area contributed by atoms with E-state index in [0.717, 1.165) is 23.3 Å². The van der Waals surface area contributed by atoms with Gasteiger partial charge in [-0.25, -0.2) is 0 Å². The Bertz CT molecular complexity index is 974. The van der Waals surface area contributed by atoms with Gasteiger partial charge in [-0.15, -0.1) is 0 Å². The normalized spacial score (nSPS) is 12.4. The number of carbonyl (C=O) groups is 1. The molecule has 1 aromatic heterocycles. The second-order valence-corrected chi connectivity index (χ2v) is 6.65. The molecule has 29 heavy (non-hydrogen) atoms. The molecule has 0 fully saturated rings. The Morgan fingerprint density at radius 3 is 2.41 bits per heavy atom. The number of nitrogens with zero attached hydrogens (tertiary/aromatic N) is 1. The van der Waals surface area contributed by atoms with E-state index in [4.69, 9.17) is 0 Å². The first-order valence-corrected chi connectivity index (χ1v) is 9.00. The van der Waals surface area contributed by atoms with Crippen molar-refractivity contribution in [3.63, 3.8) is 0 Å². The molecule has 1 amide bonds. The molecule has 0 spiro atoms. The van der Waals surface area contributed by atoms with E-state index in [2.05, 4.69) is 15.6 Å². The van der Waals surface area contributed by atoms with Gasteiger partial charge in [0.05, 0.1) is 30.0 Å². The minimum absolute atomic E-state index is 0.0796. The number of carbonyl (C=O) groups excluding carboxylic acids is 1. The number of amides is 1. The highest BCUT2D eigenvalue weighted by Gasteiger charge is 2.31. The monoisotopic (exact) mass is 399 g/mol. The Balaban J connectivity index is 1.79. The maximum Gasteiger partial charge on any atom is 0.416 e. The number of hydrogen-bond donors (Lipinski definition) is 2. The van der Waals surface area contributed by atoms with E-state index in [9.17, 15) is 18.0 Å². The van der Waals surface area contributed by atoms with E-state index in [1.165, 1.54) is 12.3 Å². The zero-order chi connectivity index (χ0) is 20.9. The zero-order valence-corrected chi connectivity index (χ0v) is 15.7. The van der Waals surface area contributed by atoms with Crippen molar-refractivity contribution in [1.82, 2.24) is 10.3 Å². The third-order valence-corrected chi connectivity index (χ3v) is 4.31. The summed E-state index contributed by atoms with van der Waals surface area (Å²) in [6.45, 7) is 1.78. The highest BCUT2D eigenvalue weighted by molar-refractivity contribution is 5.92. The molecule has 1 heterocycles. The Morgan fingerprint density at radius 1 is 1.00 bits per heavy atom. The molecule has 1 atom stereocenters. The van der Waals surface area contributed by atoms with Gasteiger partial charge in [0.1, 0.15) is 0 Å². The summed E-state index contributed by atoms with van der Waals surface area (Å²) in [5.74, 6) is -0.315. The van der Waals surface area contributed by atoms with Gasteiger partial charge in [-0.1, -0.05) is 42.5 Å². The lowest BCUT2D eigenvalue weighted by atomic mass is 9.97. The number of nitrogens with one attached hydrogen (secondary N) is 2. The zero-order valence-electron chi connectivity index (χ0n) is 15.7. The van der Waals surface area contributed by atoms with Crippen molar-refractivity contribution >= 4 is 11.6 Å². The van der Waals surface area contributed by atoms with Crippen LogP contribution in [-0.4, -0.2) is 17.4 Å². The fourth-order valence-corrected chi connectivity index (χ4v) is 2.99. The summed E-state index contributed by atoms with van der Waals surface area (Å²) in [5, 5.41) is 5.80. The van der Waals surface area contributed by atoms with Crippen LogP contribution in [0, 0.1) is 6.92 Å². The number of aryl methyl sites for hydroxylation is 1. The van der Waals surface area contributed by atoms with Gasteiger partial charge in [0.25, 0.3) is 0 Å². The van der Waals surface area contributed by atoms with Crippen LogP contribution in [0.5, 0.6) is 0 Å². The Labute approximate surface area is 166 Å². The summed E-state index contributed by atoms with van der Waals surface area (Å²) in [4.78, 5) is 16.4. The van der Waals surface area contributed by atoms with Crippen LogP contribution >= 0.6 is 0 Å². The molecule has 0 radical (unpaired) electrons. The first-order valence-electron chi connectivity index (χ1n) is 9.00. The molecule has 1 unspecified atom stereocenters. The number of hydrogen-bond acceptors (Lipinski definition) is 3. The lowest BCUT2D eigenvalue weighted by molar-refractivity contribution is -0.137. The van der Waals surface area contributed by atoms with Crippen molar-refractivity contribution in [1.29, 1.82) is 0 Å². The van der Waals surface area contributed by atoms with Gasteiger partial charge in [0.15, 0.2) is 0 Å². The molecule has 0 aliphatic heterocycles. The average molecular weight is 399 g/mol. The van der Waals surface area contributed by atoms with Crippen molar-refractivity contribution in [2.24, 2.45) is 0 Å². The summed E-state index contributed by atoms with van der Waals surface area (Å²) in [5.41, 5.74) is 1.93. The highest BCUT2D eigenvalue weighted by Crippen LogP contribution is 2.32. The minimum atomic E-state index is -4.44. The summed E-state index contributed by atoms with van der Waals surface area (Å²) >= 11 is 0. The standard InChI is InChI=1S/C22H20F3N3O/c1-15-10-19(13-26-12-15)28-20(29)14-27-21(16-6-3-2-4-7-16)17-8-5-9-18(11-17)22(23,24)25/h2-13,21,27H,14H2,1H3,(H,28,29). The average Bonchev–Trinajstić information content (AvgIpc) is 2.68. The lowest BCUT2D eigenvalue weighted by Gasteiger charge is -2.21. The second kappa shape index (κ2) is 8.87. The molecule has 7 heteroatoms. The topological polar surface area (TPSA) is 54.0 Å². The number of benzene rings is 2. The maximum absolute atomic E-state index is 13.1.